The molecule has 0 unspecified atom stereocenters. The van der Waals surface area contributed by atoms with E-state index in [9.17, 15) is 4.39 Å². The fraction of sp³-hybridized carbons (Fsp3) is 0.0714. The second-order valence-electron chi connectivity index (χ2n) is 4.25. The van der Waals surface area contributed by atoms with Gasteiger partial charge in [-0.2, -0.15) is 0 Å². The summed E-state index contributed by atoms with van der Waals surface area (Å²) >= 11 is 0. The first kappa shape index (κ1) is 13.0. The number of hydrogen-bond donors (Lipinski definition) is 2. The van der Waals surface area contributed by atoms with E-state index in [1.54, 1.807) is 18.2 Å². The zero-order valence-electron chi connectivity index (χ0n) is 10.7. The maximum atomic E-state index is 13.9. The third-order valence-corrected chi connectivity index (χ3v) is 2.91. The van der Waals surface area contributed by atoms with Gasteiger partial charge < -0.3 is 25.2 Å². The quantitative estimate of drug-likeness (QED) is 0.392. The molecule has 0 atom stereocenters. The lowest BCUT2D eigenvalue weighted by molar-refractivity contribution is 0.174. The Morgan fingerprint density at radius 1 is 1.19 bits per heavy atom. The van der Waals surface area contributed by atoms with Gasteiger partial charge in [-0.1, -0.05) is 5.16 Å². The highest BCUT2D eigenvalue weighted by Gasteiger charge is 2.15. The highest BCUT2D eigenvalue weighted by atomic mass is 19.1. The maximum absolute atomic E-state index is 13.9. The highest BCUT2D eigenvalue weighted by Crippen LogP contribution is 2.37. The second-order valence-corrected chi connectivity index (χ2v) is 4.25. The average molecular weight is 290 g/mol. The summed E-state index contributed by atoms with van der Waals surface area (Å²) < 4.78 is 29.8. The smallest absolute Gasteiger partial charge is 0.231 e. The molecule has 0 spiro atoms. The standard InChI is InChI=1S/C14H11FN2O4/c15-10-5-8(14(16)17-18)1-3-11(10)21-9-2-4-12-13(6-9)20-7-19-12/h1-6,18H,7H2,(H2,16,17). The van der Waals surface area contributed by atoms with Gasteiger partial charge in [0.05, 0.1) is 0 Å². The van der Waals surface area contributed by atoms with Crippen LogP contribution in [0.4, 0.5) is 4.39 Å². The molecule has 108 valence electrons. The molecule has 0 aliphatic carbocycles. The number of nitrogens with two attached hydrogens (primary N) is 1. The van der Waals surface area contributed by atoms with Crippen LogP contribution in [0.3, 0.4) is 0 Å². The highest BCUT2D eigenvalue weighted by molar-refractivity contribution is 5.97. The van der Waals surface area contributed by atoms with Crippen LogP contribution < -0.4 is 19.9 Å². The van der Waals surface area contributed by atoms with Crippen molar-refractivity contribution in [3.8, 4) is 23.0 Å². The summed E-state index contributed by atoms with van der Waals surface area (Å²) in [5, 5.41) is 11.4. The van der Waals surface area contributed by atoms with Crippen molar-refractivity contribution in [2.24, 2.45) is 10.9 Å². The molecule has 7 heteroatoms. The first-order valence-corrected chi connectivity index (χ1v) is 6.02. The van der Waals surface area contributed by atoms with Gasteiger partial charge in [0, 0.05) is 11.6 Å². The Kier molecular flexibility index (Phi) is 3.23. The average Bonchev–Trinajstić information content (AvgIpc) is 2.96. The van der Waals surface area contributed by atoms with E-state index in [-0.39, 0.29) is 23.9 Å². The van der Waals surface area contributed by atoms with Crippen molar-refractivity contribution in [3.63, 3.8) is 0 Å². The van der Waals surface area contributed by atoms with E-state index < -0.39 is 5.82 Å². The number of oxime groups is 1. The summed E-state index contributed by atoms with van der Waals surface area (Å²) in [6.07, 6.45) is 0. The van der Waals surface area contributed by atoms with E-state index in [1.165, 1.54) is 12.1 Å². The second kappa shape index (κ2) is 5.20. The Morgan fingerprint density at radius 3 is 2.76 bits per heavy atom. The third kappa shape index (κ3) is 2.53. The summed E-state index contributed by atoms with van der Waals surface area (Å²) in [5.41, 5.74) is 5.65. The van der Waals surface area contributed by atoms with E-state index in [2.05, 4.69) is 5.16 Å². The molecule has 0 bridgehead atoms. The van der Waals surface area contributed by atoms with Gasteiger partial charge in [0.2, 0.25) is 6.79 Å². The number of rotatable bonds is 3. The topological polar surface area (TPSA) is 86.3 Å². The number of halogens is 1. The zero-order valence-corrected chi connectivity index (χ0v) is 10.7. The monoisotopic (exact) mass is 290 g/mol. The molecule has 21 heavy (non-hydrogen) atoms. The van der Waals surface area contributed by atoms with Crippen molar-refractivity contribution in [1.82, 2.24) is 0 Å². The minimum absolute atomic E-state index is 0.0170. The molecular formula is C14H11FN2O4. The first-order valence-electron chi connectivity index (χ1n) is 6.02. The number of nitrogens with zero attached hydrogens (tertiary/aromatic N) is 1. The molecule has 1 heterocycles. The SMILES string of the molecule is N/C(=N\O)c1ccc(Oc2ccc3c(c2)OCO3)c(F)c1. The molecule has 0 amide bonds. The van der Waals surface area contributed by atoms with Gasteiger partial charge >= 0.3 is 0 Å². The van der Waals surface area contributed by atoms with E-state index in [1.807, 2.05) is 0 Å². The normalized spacial score (nSPS) is 13.3. The van der Waals surface area contributed by atoms with Gasteiger partial charge in [-0.3, -0.25) is 0 Å². The number of fused-ring (bicyclic) bond motifs is 1. The molecular weight excluding hydrogens is 279 g/mol. The number of hydrogen-bond acceptors (Lipinski definition) is 5. The van der Waals surface area contributed by atoms with Crippen molar-refractivity contribution >= 4 is 5.84 Å². The summed E-state index contributed by atoms with van der Waals surface area (Å²) in [6.45, 7) is 0.154. The lowest BCUT2D eigenvalue weighted by Crippen LogP contribution is -2.13. The van der Waals surface area contributed by atoms with Crippen LogP contribution in [0.5, 0.6) is 23.0 Å². The molecule has 0 saturated heterocycles. The van der Waals surface area contributed by atoms with Crippen LogP contribution in [0, 0.1) is 5.82 Å². The number of amidine groups is 1. The van der Waals surface area contributed by atoms with Gasteiger partial charge in [-0.15, -0.1) is 0 Å². The predicted molar refractivity (Wildman–Crippen MR) is 71.5 cm³/mol. The van der Waals surface area contributed by atoms with Crippen molar-refractivity contribution < 1.29 is 23.8 Å². The van der Waals surface area contributed by atoms with Crippen LogP contribution in [0.25, 0.3) is 0 Å². The lowest BCUT2D eigenvalue weighted by Gasteiger charge is -2.08. The summed E-state index contributed by atoms with van der Waals surface area (Å²) in [5.74, 6) is 0.782. The zero-order chi connectivity index (χ0) is 14.8. The van der Waals surface area contributed by atoms with Crippen molar-refractivity contribution in [2.75, 3.05) is 6.79 Å². The van der Waals surface area contributed by atoms with E-state index in [4.69, 9.17) is 25.2 Å². The maximum Gasteiger partial charge on any atom is 0.231 e. The van der Waals surface area contributed by atoms with Gasteiger partial charge in [-0.25, -0.2) is 4.39 Å². The van der Waals surface area contributed by atoms with Gasteiger partial charge in [-0.05, 0) is 30.3 Å². The molecule has 2 aromatic carbocycles. The van der Waals surface area contributed by atoms with E-state index in [0.717, 1.165) is 6.07 Å². The first-order chi connectivity index (χ1) is 10.2. The Labute approximate surface area is 119 Å². The molecule has 6 nitrogen and oxygen atoms in total. The fourth-order valence-corrected chi connectivity index (χ4v) is 1.87. The Balaban J connectivity index is 1.85. The van der Waals surface area contributed by atoms with Gasteiger partial charge in [0.1, 0.15) is 5.75 Å². The summed E-state index contributed by atoms with van der Waals surface area (Å²) in [6, 6.07) is 8.94. The van der Waals surface area contributed by atoms with Gasteiger partial charge in [0.25, 0.3) is 0 Å². The summed E-state index contributed by atoms with van der Waals surface area (Å²) in [4.78, 5) is 0. The van der Waals surface area contributed by atoms with Crippen LogP contribution in [0.15, 0.2) is 41.6 Å². The Bertz CT molecular complexity index is 718. The van der Waals surface area contributed by atoms with Crippen LogP contribution in [0.2, 0.25) is 0 Å². The van der Waals surface area contributed by atoms with Crippen molar-refractivity contribution in [1.29, 1.82) is 0 Å². The molecule has 1 aliphatic rings. The van der Waals surface area contributed by atoms with Crippen LogP contribution in [0.1, 0.15) is 5.56 Å². The third-order valence-electron chi connectivity index (χ3n) is 2.91. The largest absolute Gasteiger partial charge is 0.454 e. The Morgan fingerprint density at radius 2 is 2.00 bits per heavy atom. The molecule has 2 aromatic rings. The van der Waals surface area contributed by atoms with E-state index in [0.29, 0.717) is 17.2 Å². The number of ether oxygens (including phenoxy) is 3. The minimum Gasteiger partial charge on any atom is -0.454 e. The molecule has 3 N–H and O–H groups in total. The van der Waals surface area contributed by atoms with Crippen LogP contribution >= 0.6 is 0 Å². The van der Waals surface area contributed by atoms with Gasteiger partial charge in [0.15, 0.2) is 28.9 Å². The molecule has 3 rings (SSSR count). The van der Waals surface area contributed by atoms with Crippen LogP contribution in [-0.4, -0.2) is 17.8 Å². The molecule has 0 aromatic heterocycles. The lowest BCUT2D eigenvalue weighted by atomic mass is 10.2. The van der Waals surface area contributed by atoms with Crippen molar-refractivity contribution in [2.45, 2.75) is 0 Å². The summed E-state index contributed by atoms with van der Waals surface area (Å²) in [7, 11) is 0. The Hall–Kier alpha value is -2.96. The molecule has 1 aliphatic heterocycles. The molecule has 0 saturated carbocycles. The van der Waals surface area contributed by atoms with Crippen LogP contribution in [-0.2, 0) is 0 Å². The van der Waals surface area contributed by atoms with Crippen molar-refractivity contribution in [3.05, 3.63) is 47.8 Å². The van der Waals surface area contributed by atoms with E-state index >= 15 is 0 Å². The minimum atomic E-state index is -0.628. The predicted octanol–water partition coefficient (Wildman–Crippen LogP) is 2.44. The molecule has 0 fully saturated rings. The fourth-order valence-electron chi connectivity index (χ4n) is 1.87. The number of benzene rings is 2. The molecule has 0 radical (unpaired) electrons.